The first-order chi connectivity index (χ1) is 14.7. The lowest BCUT2D eigenvalue weighted by Crippen LogP contribution is -2.32. The lowest BCUT2D eigenvalue weighted by Gasteiger charge is -2.15. The monoisotopic (exact) mass is 484 g/mol. The number of ether oxygens (including phenoxy) is 1. The summed E-state index contributed by atoms with van der Waals surface area (Å²) in [7, 11) is 0. The van der Waals surface area contributed by atoms with E-state index in [4.69, 9.17) is 21.4 Å². The van der Waals surface area contributed by atoms with Crippen molar-refractivity contribution in [3.63, 3.8) is 0 Å². The number of benzene rings is 2. The first kappa shape index (κ1) is 24.8. The van der Waals surface area contributed by atoms with E-state index >= 15 is 0 Å². The molecule has 0 aliphatic heterocycles. The molecule has 0 saturated carbocycles. The maximum absolute atomic E-state index is 13.0. The Hall–Kier alpha value is -3.48. The van der Waals surface area contributed by atoms with Crippen LogP contribution in [0.1, 0.15) is 21.5 Å². The van der Waals surface area contributed by atoms with Crippen molar-refractivity contribution in [3.05, 3.63) is 58.1 Å². The molecule has 0 unspecified atom stereocenters. The number of rotatable bonds is 5. The van der Waals surface area contributed by atoms with E-state index in [2.05, 4.69) is 0 Å². The lowest BCUT2D eigenvalue weighted by molar-refractivity contribution is -0.143. The van der Waals surface area contributed by atoms with Crippen molar-refractivity contribution in [2.45, 2.75) is 12.4 Å². The molecule has 7 nitrogen and oxygen atoms in total. The predicted molar refractivity (Wildman–Crippen MR) is 97.5 cm³/mol. The summed E-state index contributed by atoms with van der Waals surface area (Å²) in [5, 5.41) is 12.1. The highest BCUT2D eigenvalue weighted by Gasteiger charge is 2.37. The number of hydrogen-bond donors (Lipinski definition) is 3. The Morgan fingerprint density at radius 1 is 0.938 bits per heavy atom. The standard InChI is InChI=1S/C18H11ClF6N2O5/c19-10-1-2-13(32-16(31)26-7-14(28)29)12(6-10)15(30)27-11-4-8(17(20,21)22)3-9(5-11)18(23,24)25/h1-6H,7H2,(H,26,31)(H,27,30)(H,28,29). The van der Waals surface area contributed by atoms with Crippen LogP contribution in [0.15, 0.2) is 36.4 Å². The molecule has 32 heavy (non-hydrogen) atoms. The van der Waals surface area contributed by atoms with Crippen molar-refractivity contribution in [1.29, 1.82) is 0 Å². The third-order valence-corrected chi connectivity index (χ3v) is 3.85. The third kappa shape index (κ3) is 6.77. The molecule has 0 bridgehead atoms. The number of carboxylic acids is 1. The number of nitrogens with one attached hydrogen (secondary N) is 2. The molecule has 0 fully saturated rings. The molecule has 0 spiro atoms. The zero-order valence-corrected chi connectivity index (χ0v) is 16.2. The SMILES string of the molecule is O=C(O)CNC(=O)Oc1ccc(Cl)cc1C(=O)Nc1cc(C(F)(F)F)cc(C(F)(F)F)c1. The molecule has 3 N–H and O–H groups in total. The Morgan fingerprint density at radius 2 is 1.50 bits per heavy atom. The van der Waals surface area contributed by atoms with Gasteiger partial charge in [-0.05, 0) is 36.4 Å². The number of alkyl halides is 6. The lowest BCUT2D eigenvalue weighted by atomic mass is 10.1. The third-order valence-electron chi connectivity index (χ3n) is 3.62. The van der Waals surface area contributed by atoms with Crippen LogP contribution in [0.3, 0.4) is 0 Å². The van der Waals surface area contributed by atoms with Crippen LogP contribution >= 0.6 is 11.6 Å². The van der Waals surface area contributed by atoms with Gasteiger partial charge in [-0.25, -0.2) is 4.79 Å². The quantitative estimate of drug-likeness (QED) is 0.529. The van der Waals surface area contributed by atoms with Crippen molar-refractivity contribution in [1.82, 2.24) is 5.32 Å². The van der Waals surface area contributed by atoms with Crippen LogP contribution in [0.4, 0.5) is 36.8 Å². The average Bonchev–Trinajstić information content (AvgIpc) is 2.66. The topological polar surface area (TPSA) is 105 Å². The van der Waals surface area contributed by atoms with E-state index in [0.29, 0.717) is 0 Å². The van der Waals surface area contributed by atoms with Crippen molar-refractivity contribution < 1.29 is 50.6 Å². The van der Waals surface area contributed by atoms with Gasteiger partial charge in [0.1, 0.15) is 12.3 Å². The normalized spacial score (nSPS) is 11.6. The van der Waals surface area contributed by atoms with Crippen LogP contribution in [0.2, 0.25) is 5.02 Å². The van der Waals surface area contributed by atoms with E-state index in [1.54, 1.807) is 0 Å². The van der Waals surface area contributed by atoms with Gasteiger partial charge in [0.2, 0.25) is 0 Å². The van der Waals surface area contributed by atoms with Gasteiger partial charge in [0.15, 0.2) is 0 Å². The van der Waals surface area contributed by atoms with Gasteiger partial charge in [0.05, 0.1) is 16.7 Å². The summed E-state index contributed by atoms with van der Waals surface area (Å²) < 4.78 is 82.7. The van der Waals surface area contributed by atoms with Gasteiger partial charge < -0.3 is 20.5 Å². The molecule has 14 heteroatoms. The zero-order valence-electron chi connectivity index (χ0n) is 15.4. The maximum Gasteiger partial charge on any atom is 0.416 e. The molecule has 2 aromatic carbocycles. The number of carbonyl (C=O) groups is 3. The second-order valence-electron chi connectivity index (χ2n) is 6.03. The van der Waals surface area contributed by atoms with Gasteiger partial charge in [0, 0.05) is 10.7 Å². The van der Waals surface area contributed by atoms with E-state index < -0.39 is 65.0 Å². The molecule has 0 radical (unpaired) electrons. The molecule has 2 rings (SSSR count). The first-order valence-corrected chi connectivity index (χ1v) is 8.62. The van der Waals surface area contributed by atoms with Crippen LogP contribution in [-0.4, -0.2) is 29.6 Å². The molecule has 0 aliphatic rings. The predicted octanol–water partition coefficient (Wildman–Crippen LogP) is 4.80. The van der Waals surface area contributed by atoms with Gasteiger partial charge in [-0.1, -0.05) is 11.6 Å². The average molecular weight is 485 g/mol. The Balaban J connectivity index is 2.37. The van der Waals surface area contributed by atoms with Gasteiger partial charge >= 0.3 is 24.4 Å². The summed E-state index contributed by atoms with van der Waals surface area (Å²) in [5.41, 5.74) is -4.66. The van der Waals surface area contributed by atoms with Crippen molar-refractivity contribution in [2.24, 2.45) is 0 Å². The Morgan fingerprint density at radius 3 is 2.00 bits per heavy atom. The Labute approximate surface area is 179 Å². The van der Waals surface area contributed by atoms with E-state index in [1.165, 1.54) is 6.07 Å². The molecule has 0 atom stereocenters. The van der Waals surface area contributed by atoms with Crippen LogP contribution < -0.4 is 15.4 Å². The fourth-order valence-corrected chi connectivity index (χ4v) is 2.45. The summed E-state index contributed by atoms with van der Waals surface area (Å²) in [4.78, 5) is 34.6. The smallest absolute Gasteiger partial charge is 0.416 e. The number of aliphatic carboxylic acids is 1. The summed E-state index contributed by atoms with van der Waals surface area (Å²) >= 11 is 5.76. The highest BCUT2D eigenvalue weighted by atomic mass is 35.5. The first-order valence-electron chi connectivity index (χ1n) is 8.24. The number of hydrogen-bond acceptors (Lipinski definition) is 4. The second kappa shape index (κ2) is 9.34. The minimum absolute atomic E-state index is 0.0755. The Bertz CT molecular complexity index is 1020. The van der Waals surface area contributed by atoms with Crippen molar-refractivity contribution >= 4 is 35.3 Å². The van der Waals surface area contributed by atoms with E-state index in [1.807, 2.05) is 10.6 Å². The molecule has 2 amide bonds. The molecule has 0 aromatic heterocycles. The molecule has 0 saturated heterocycles. The van der Waals surface area contributed by atoms with Gasteiger partial charge in [-0.3, -0.25) is 9.59 Å². The van der Waals surface area contributed by atoms with E-state index in [-0.39, 0.29) is 23.2 Å². The van der Waals surface area contributed by atoms with Gasteiger partial charge in [-0.2, -0.15) is 26.3 Å². The molecular weight excluding hydrogens is 474 g/mol. The van der Waals surface area contributed by atoms with Crippen LogP contribution in [0, 0.1) is 0 Å². The minimum atomic E-state index is -5.13. The van der Waals surface area contributed by atoms with Crippen LogP contribution in [0.5, 0.6) is 5.75 Å². The van der Waals surface area contributed by atoms with Crippen LogP contribution in [-0.2, 0) is 17.1 Å². The number of carbonyl (C=O) groups excluding carboxylic acids is 2. The van der Waals surface area contributed by atoms with Crippen LogP contribution in [0.25, 0.3) is 0 Å². The second-order valence-corrected chi connectivity index (χ2v) is 6.46. The summed E-state index contributed by atoms with van der Waals surface area (Å²) in [6.07, 6.45) is -11.6. The zero-order chi connectivity index (χ0) is 24.3. The number of amides is 2. The Kier molecular flexibility index (Phi) is 7.24. The van der Waals surface area contributed by atoms with Gasteiger partial charge in [-0.15, -0.1) is 0 Å². The summed E-state index contributed by atoms with van der Waals surface area (Å²) in [6, 6.07) is 3.59. The highest BCUT2D eigenvalue weighted by Crippen LogP contribution is 2.37. The molecule has 172 valence electrons. The molecule has 0 heterocycles. The number of anilines is 1. The van der Waals surface area contributed by atoms with E-state index in [9.17, 15) is 40.7 Å². The summed E-state index contributed by atoms with van der Waals surface area (Å²) in [6.45, 7) is -0.821. The maximum atomic E-state index is 13.0. The van der Waals surface area contributed by atoms with Gasteiger partial charge in [0.25, 0.3) is 5.91 Å². The molecule has 2 aromatic rings. The van der Waals surface area contributed by atoms with Crippen molar-refractivity contribution in [2.75, 3.05) is 11.9 Å². The largest absolute Gasteiger partial charge is 0.480 e. The minimum Gasteiger partial charge on any atom is -0.480 e. The van der Waals surface area contributed by atoms with E-state index in [0.717, 1.165) is 12.1 Å². The fraction of sp³-hybridized carbons (Fsp3) is 0.167. The molecular formula is C18H11ClF6N2O5. The summed E-state index contributed by atoms with van der Waals surface area (Å²) in [5.74, 6) is -3.14. The highest BCUT2D eigenvalue weighted by molar-refractivity contribution is 6.31. The van der Waals surface area contributed by atoms with Crippen molar-refractivity contribution in [3.8, 4) is 5.75 Å². The molecule has 0 aliphatic carbocycles. The number of carboxylic acid groups (broad SMARTS) is 1. The fourth-order valence-electron chi connectivity index (χ4n) is 2.28. The number of halogens is 7.